The summed E-state index contributed by atoms with van der Waals surface area (Å²) in [5.41, 5.74) is 4.83. The van der Waals surface area contributed by atoms with E-state index in [1.165, 1.54) is 0 Å². The van der Waals surface area contributed by atoms with Crippen molar-refractivity contribution in [3.05, 3.63) is 101 Å². The van der Waals surface area contributed by atoms with Crippen LogP contribution in [0.3, 0.4) is 0 Å². The van der Waals surface area contributed by atoms with Crippen LogP contribution >= 0.6 is 0 Å². The molecule has 0 spiro atoms. The summed E-state index contributed by atoms with van der Waals surface area (Å²) >= 11 is 0. The first kappa shape index (κ1) is 32.0. The van der Waals surface area contributed by atoms with E-state index in [-0.39, 0.29) is 5.04 Å². The molecule has 0 amide bonds. The first-order valence-electron chi connectivity index (χ1n) is 14.0. The molecule has 1 atom stereocenters. The van der Waals surface area contributed by atoms with Crippen LogP contribution in [0.1, 0.15) is 62.4 Å². The fraction of sp³-hybridized carbons (Fsp3) is 0.412. The minimum Gasteiger partial charge on any atom is -0.416 e. The highest BCUT2D eigenvalue weighted by atomic mass is 32.2. The second-order valence-electron chi connectivity index (χ2n) is 13.2. The van der Waals surface area contributed by atoms with Crippen molar-refractivity contribution >= 4 is 30.0 Å². The van der Waals surface area contributed by atoms with E-state index < -0.39 is 29.8 Å². The second kappa shape index (κ2) is 12.2. The highest BCUT2D eigenvalue weighted by molar-refractivity contribution is 7.89. The van der Waals surface area contributed by atoms with Gasteiger partial charge in [-0.25, -0.2) is 13.1 Å². The topological polar surface area (TPSA) is 55.4 Å². The molecule has 40 heavy (non-hydrogen) atoms. The summed E-state index contributed by atoms with van der Waals surface area (Å²) in [6, 6.07) is 23.4. The SMILES string of the molecule is Cc1cc(C)c(S(=O)(=O)NC(/C(=C/c2ccccc2)c2ccccc2)C(C)(C)CO[Si](C)(C)C(C)(C)C)c(C)c1. The summed E-state index contributed by atoms with van der Waals surface area (Å²) < 4.78 is 38.4. The average molecular weight is 578 g/mol. The lowest BCUT2D eigenvalue weighted by molar-refractivity contribution is 0.150. The van der Waals surface area contributed by atoms with Crippen LogP contribution in [0.25, 0.3) is 11.6 Å². The average Bonchev–Trinajstić information content (AvgIpc) is 2.84. The third-order valence-corrected chi connectivity index (χ3v) is 14.3. The normalized spacial score (nSPS) is 14.3. The molecule has 0 bridgehead atoms. The molecule has 0 fully saturated rings. The summed E-state index contributed by atoms with van der Waals surface area (Å²) in [4.78, 5) is 0.344. The number of aryl methyl sites for hydroxylation is 3. The van der Waals surface area contributed by atoms with Gasteiger partial charge in [-0.3, -0.25) is 0 Å². The van der Waals surface area contributed by atoms with Crippen molar-refractivity contribution in [3.63, 3.8) is 0 Å². The number of nitrogens with one attached hydrogen (secondary N) is 1. The van der Waals surface area contributed by atoms with Gasteiger partial charge in [-0.15, -0.1) is 0 Å². The number of rotatable bonds is 10. The predicted octanol–water partition coefficient (Wildman–Crippen LogP) is 8.55. The van der Waals surface area contributed by atoms with E-state index >= 15 is 0 Å². The van der Waals surface area contributed by atoms with Gasteiger partial charge < -0.3 is 4.43 Å². The van der Waals surface area contributed by atoms with E-state index in [2.05, 4.69) is 58.5 Å². The van der Waals surface area contributed by atoms with Crippen LogP contribution < -0.4 is 4.72 Å². The molecule has 6 heteroatoms. The lowest BCUT2D eigenvalue weighted by Gasteiger charge is -2.42. The number of hydrogen-bond acceptors (Lipinski definition) is 3. The standard InChI is InChI=1S/C34H47NO3SSi/c1-25-21-26(2)31(27(3)22-25)39(36,37)35-32(34(7,8)24-38-40(9,10)33(4,5)6)30(29-19-15-12-16-20-29)23-28-17-13-11-14-18-28/h11-23,32,35H,24H2,1-10H3/b30-23+. The number of benzene rings is 3. The molecule has 4 nitrogen and oxygen atoms in total. The van der Waals surface area contributed by atoms with Crippen molar-refractivity contribution in [2.45, 2.75) is 84.5 Å². The largest absolute Gasteiger partial charge is 0.416 e. The first-order valence-corrected chi connectivity index (χ1v) is 18.4. The zero-order chi connectivity index (χ0) is 29.9. The molecule has 0 heterocycles. The molecule has 3 rings (SSSR count). The minimum absolute atomic E-state index is 0.0380. The zero-order valence-corrected chi connectivity index (χ0v) is 27.7. The lowest BCUT2D eigenvalue weighted by atomic mass is 9.78. The van der Waals surface area contributed by atoms with E-state index in [1.807, 2.05) is 93.6 Å². The number of hydrogen-bond donors (Lipinski definition) is 1. The molecule has 3 aromatic rings. The van der Waals surface area contributed by atoms with Crippen LogP contribution in [0, 0.1) is 26.2 Å². The van der Waals surface area contributed by atoms with Gasteiger partial charge in [0.05, 0.1) is 10.9 Å². The second-order valence-corrected chi connectivity index (χ2v) is 19.7. The van der Waals surface area contributed by atoms with Crippen molar-refractivity contribution in [2.24, 2.45) is 5.41 Å². The molecule has 3 aromatic carbocycles. The Morgan fingerprint density at radius 1 is 0.875 bits per heavy atom. The van der Waals surface area contributed by atoms with Crippen molar-refractivity contribution in [1.82, 2.24) is 4.72 Å². The van der Waals surface area contributed by atoms with Crippen molar-refractivity contribution in [2.75, 3.05) is 6.61 Å². The van der Waals surface area contributed by atoms with Crippen LogP contribution in [0.15, 0.2) is 77.7 Å². The van der Waals surface area contributed by atoms with Gasteiger partial charge in [-0.2, -0.15) is 0 Å². The molecule has 0 saturated carbocycles. The fourth-order valence-electron chi connectivity index (χ4n) is 4.81. The van der Waals surface area contributed by atoms with Gasteiger partial charge in [0.1, 0.15) is 0 Å². The molecule has 0 radical (unpaired) electrons. The highest BCUT2D eigenvalue weighted by Gasteiger charge is 2.42. The van der Waals surface area contributed by atoms with Crippen molar-refractivity contribution < 1.29 is 12.8 Å². The molecule has 0 aliphatic heterocycles. The third-order valence-electron chi connectivity index (χ3n) is 8.08. The molecular weight excluding hydrogens is 531 g/mol. The molecule has 216 valence electrons. The molecular formula is C34H47NO3SSi. The van der Waals surface area contributed by atoms with Gasteiger partial charge in [0.15, 0.2) is 8.32 Å². The van der Waals surface area contributed by atoms with E-state index in [9.17, 15) is 8.42 Å². The summed E-state index contributed by atoms with van der Waals surface area (Å²) in [6.45, 7) is 21.5. The minimum atomic E-state index is -3.88. The Bertz CT molecular complexity index is 1410. The summed E-state index contributed by atoms with van der Waals surface area (Å²) in [5, 5.41) is 0.0380. The molecule has 1 unspecified atom stereocenters. The van der Waals surface area contributed by atoms with E-state index in [0.717, 1.165) is 33.4 Å². The predicted molar refractivity (Wildman–Crippen MR) is 172 cm³/mol. The first-order chi connectivity index (χ1) is 18.4. The van der Waals surface area contributed by atoms with Crippen LogP contribution in [0.4, 0.5) is 0 Å². The summed E-state index contributed by atoms with van der Waals surface area (Å²) in [5.74, 6) is 0. The van der Waals surface area contributed by atoms with Gasteiger partial charge in [-0.1, -0.05) is 113 Å². The fourth-order valence-corrected chi connectivity index (χ4v) is 7.81. The molecule has 0 aromatic heterocycles. The Hall–Kier alpha value is -2.51. The summed E-state index contributed by atoms with van der Waals surface area (Å²) in [7, 11) is -5.98. The Labute approximate surface area is 244 Å². The van der Waals surface area contributed by atoms with E-state index in [1.54, 1.807) is 0 Å². The Balaban J connectivity index is 2.21. The lowest BCUT2D eigenvalue weighted by Crippen LogP contribution is -2.51. The summed E-state index contributed by atoms with van der Waals surface area (Å²) in [6.07, 6.45) is 2.10. The third kappa shape index (κ3) is 7.61. The van der Waals surface area contributed by atoms with Crippen molar-refractivity contribution in [3.8, 4) is 0 Å². The van der Waals surface area contributed by atoms with Gasteiger partial charge >= 0.3 is 0 Å². The smallest absolute Gasteiger partial charge is 0.241 e. The maximum atomic E-state index is 14.2. The molecule has 1 N–H and O–H groups in total. The monoisotopic (exact) mass is 577 g/mol. The Morgan fingerprint density at radius 2 is 1.38 bits per heavy atom. The molecule has 0 aliphatic carbocycles. The van der Waals surface area contributed by atoms with Crippen molar-refractivity contribution in [1.29, 1.82) is 0 Å². The van der Waals surface area contributed by atoms with Crippen LogP contribution in [-0.4, -0.2) is 29.4 Å². The molecule has 0 saturated heterocycles. The van der Waals surface area contributed by atoms with Crippen LogP contribution in [0.5, 0.6) is 0 Å². The highest BCUT2D eigenvalue weighted by Crippen LogP contribution is 2.40. The van der Waals surface area contributed by atoms with Crippen LogP contribution in [-0.2, 0) is 14.4 Å². The van der Waals surface area contributed by atoms with Gasteiger partial charge in [0.2, 0.25) is 10.0 Å². The Morgan fingerprint density at radius 3 is 1.88 bits per heavy atom. The zero-order valence-electron chi connectivity index (χ0n) is 25.9. The maximum absolute atomic E-state index is 14.2. The van der Waals surface area contributed by atoms with Gasteiger partial charge in [0.25, 0.3) is 0 Å². The van der Waals surface area contributed by atoms with E-state index in [4.69, 9.17) is 4.43 Å². The molecule has 0 aliphatic rings. The maximum Gasteiger partial charge on any atom is 0.241 e. The van der Waals surface area contributed by atoms with Gasteiger partial charge in [0, 0.05) is 12.0 Å². The van der Waals surface area contributed by atoms with E-state index in [0.29, 0.717) is 11.5 Å². The van der Waals surface area contributed by atoms with Gasteiger partial charge in [-0.05, 0) is 72.8 Å². The number of sulfonamides is 1. The quantitative estimate of drug-likeness (QED) is 0.194. The Kier molecular flexibility index (Phi) is 9.73. The van der Waals surface area contributed by atoms with Crippen LogP contribution in [0.2, 0.25) is 18.1 Å².